The smallest absolute Gasteiger partial charge is 0.0693 e. The van der Waals surface area contributed by atoms with Crippen LogP contribution in [0.5, 0.6) is 0 Å². The van der Waals surface area contributed by atoms with Gasteiger partial charge < -0.3 is 10.4 Å². The van der Waals surface area contributed by atoms with Crippen molar-refractivity contribution in [2.24, 2.45) is 0 Å². The molecule has 1 aliphatic rings. The highest BCUT2D eigenvalue weighted by atomic mass is 79.9. The summed E-state index contributed by atoms with van der Waals surface area (Å²) in [6.07, 6.45) is 3.06. The molecule has 0 radical (unpaired) electrons. The number of hydrogen-bond acceptors (Lipinski definition) is 3. The van der Waals surface area contributed by atoms with Gasteiger partial charge in [-0.15, -0.1) is 11.3 Å². The van der Waals surface area contributed by atoms with Crippen LogP contribution in [0.1, 0.15) is 24.1 Å². The second-order valence-corrected chi connectivity index (χ2v) is 5.63. The van der Waals surface area contributed by atoms with Crippen molar-refractivity contribution in [3.63, 3.8) is 0 Å². The lowest BCUT2D eigenvalue weighted by Gasteiger charge is -2.15. The van der Waals surface area contributed by atoms with Gasteiger partial charge >= 0.3 is 0 Å². The molecular weight excluding hydrogens is 262 g/mol. The Morgan fingerprint density at radius 2 is 2.43 bits per heavy atom. The van der Waals surface area contributed by atoms with Crippen LogP contribution >= 0.6 is 27.3 Å². The van der Waals surface area contributed by atoms with E-state index in [2.05, 4.69) is 32.7 Å². The van der Waals surface area contributed by atoms with E-state index < -0.39 is 0 Å². The van der Waals surface area contributed by atoms with E-state index in [1.807, 2.05) is 0 Å². The number of aliphatic hydroxyl groups excluding tert-OH is 1. The fourth-order valence-electron chi connectivity index (χ4n) is 1.86. The molecule has 2 rings (SSSR count). The maximum Gasteiger partial charge on any atom is 0.0693 e. The van der Waals surface area contributed by atoms with Crippen LogP contribution in [-0.2, 0) is 6.54 Å². The summed E-state index contributed by atoms with van der Waals surface area (Å²) >= 11 is 5.17. The zero-order chi connectivity index (χ0) is 9.97. The highest BCUT2D eigenvalue weighted by Crippen LogP contribution is 2.22. The van der Waals surface area contributed by atoms with Crippen LogP contribution in [-0.4, -0.2) is 17.3 Å². The van der Waals surface area contributed by atoms with Gasteiger partial charge in [-0.2, -0.15) is 0 Å². The highest BCUT2D eigenvalue weighted by molar-refractivity contribution is 9.10. The molecule has 2 atom stereocenters. The predicted octanol–water partition coefficient (Wildman–Crippen LogP) is 2.51. The van der Waals surface area contributed by atoms with E-state index >= 15 is 0 Å². The maximum atomic E-state index is 9.60. The predicted molar refractivity (Wildman–Crippen MR) is 62.5 cm³/mol. The number of thiophene rings is 1. The summed E-state index contributed by atoms with van der Waals surface area (Å²) in [4.78, 5) is 1.32. The number of aliphatic hydroxyl groups is 1. The first-order chi connectivity index (χ1) is 6.75. The summed E-state index contributed by atoms with van der Waals surface area (Å²) in [6.45, 7) is 0.873. The molecule has 0 saturated heterocycles. The van der Waals surface area contributed by atoms with E-state index in [0.717, 1.165) is 30.3 Å². The molecule has 1 fully saturated rings. The van der Waals surface area contributed by atoms with Gasteiger partial charge in [-0.05, 0) is 41.3 Å². The largest absolute Gasteiger partial charge is 0.392 e. The van der Waals surface area contributed by atoms with Gasteiger partial charge in [-0.25, -0.2) is 0 Å². The molecule has 14 heavy (non-hydrogen) atoms. The summed E-state index contributed by atoms with van der Waals surface area (Å²) < 4.78 is 1.14. The van der Waals surface area contributed by atoms with Crippen LogP contribution in [0.4, 0.5) is 0 Å². The number of hydrogen-bond donors (Lipinski definition) is 2. The summed E-state index contributed by atoms with van der Waals surface area (Å²) in [6, 6.07) is 2.43. The van der Waals surface area contributed by atoms with E-state index in [9.17, 15) is 5.11 Å². The first-order valence-electron chi connectivity index (χ1n) is 4.90. The minimum absolute atomic E-state index is 0.140. The molecule has 78 valence electrons. The van der Waals surface area contributed by atoms with Crippen molar-refractivity contribution in [2.45, 2.75) is 38.0 Å². The average Bonchev–Trinajstić information content (AvgIpc) is 2.72. The summed E-state index contributed by atoms with van der Waals surface area (Å²) in [5, 5.41) is 15.1. The summed E-state index contributed by atoms with van der Waals surface area (Å²) in [5.74, 6) is 0. The Morgan fingerprint density at radius 1 is 1.57 bits per heavy atom. The molecule has 2 nitrogen and oxygen atoms in total. The van der Waals surface area contributed by atoms with Gasteiger partial charge in [0.2, 0.25) is 0 Å². The third-order valence-electron chi connectivity index (χ3n) is 2.64. The maximum absolute atomic E-state index is 9.60. The zero-order valence-electron chi connectivity index (χ0n) is 7.87. The van der Waals surface area contributed by atoms with Crippen LogP contribution in [0.25, 0.3) is 0 Å². The van der Waals surface area contributed by atoms with Crippen molar-refractivity contribution < 1.29 is 5.11 Å². The van der Waals surface area contributed by atoms with Gasteiger partial charge in [0.25, 0.3) is 0 Å². The number of rotatable bonds is 3. The van der Waals surface area contributed by atoms with Crippen molar-refractivity contribution in [3.05, 3.63) is 20.8 Å². The lowest BCUT2D eigenvalue weighted by atomic mass is 10.2. The minimum atomic E-state index is -0.140. The first-order valence-corrected chi connectivity index (χ1v) is 6.57. The van der Waals surface area contributed by atoms with Crippen molar-refractivity contribution in [2.75, 3.05) is 0 Å². The molecule has 1 aromatic heterocycles. The first kappa shape index (κ1) is 10.6. The fraction of sp³-hybridized carbons (Fsp3) is 0.600. The molecule has 4 heteroatoms. The lowest BCUT2D eigenvalue weighted by molar-refractivity contribution is 0.149. The zero-order valence-corrected chi connectivity index (χ0v) is 10.3. The molecule has 0 spiro atoms. The molecule has 0 amide bonds. The molecule has 1 saturated carbocycles. The Hall–Kier alpha value is 0.1000. The topological polar surface area (TPSA) is 32.3 Å². The Balaban J connectivity index is 1.82. The van der Waals surface area contributed by atoms with Gasteiger partial charge in [0, 0.05) is 27.3 Å². The molecule has 0 aromatic carbocycles. The van der Waals surface area contributed by atoms with E-state index in [1.165, 1.54) is 4.88 Å². The van der Waals surface area contributed by atoms with Gasteiger partial charge in [-0.1, -0.05) is 0 Å². The van der Waals surface area contributed by atoms with Crippen molar-refractivity contribution >= 4 is 27.3 Å². The Labute approximate surface area is 96.5 Å². The van der Waals surface area contributed by atoms with Gasteiger partial charge in [0.05, 0.1) is 6.10 Å². The quantitative estimate of drug-likeness (QED) is 0.889. The molecule has 2 N–H and O–H groups in total. The van der Waals surface area contributed by atoms with Gasteiger partial charge in [0.1, 0.15) is 0 Å². The van der Waals surface area contributed by atoms with Crippen LogP contribution in [0.2, 0.25) is 0 Å². The average molecular weight is 276 g/mol. The second-order valence-electron chi connectivity index (χ2n) is 3.72. The van der Waals surface area contributed by atoms with Crippen LogP contribution in [0.15, 0.2) is 15.9 Å². The van der Waals surface area contributed by atoms with Crippen molar-refractivity contribution in [1.82, 2.24) is 5.32 Å². The van der Waals surface area contributed by atoms with Crippen molar-refractivity contribution in [1.29, 1.82) is 0 Å². The van der Waals surface area contributed by atoms with E-state index in [4.69, 9.17) is 0 Å². The van der Waals surface area contributed by atoms with Crippen LogP contribution < -0.4 is 5.32 Å². The highest BCUT2D eigenvalue weighted by Gasteiger charge is 2.24. The number of nitrogens with one attached hydrogen (secondary N) is 1. The van der Waals surface area contributed by atoms with Crippen LogP contribution in [0, 0.1) is 0 Å². The third-order valence-corrected chi connectivity index (χ3v) is 4.34. The summed E-state index contributed by atoms with van der Waals surface area (Å²) in [5.41, 5.74) is 0. The monoisotopic (exact) mass is 275 g/mol. The summed E-state index contributed by atoms with van der Waals surface area (Å²) in [7, 11) is 0. The lowest BCUT2D eigenvalue weighted by Crippen LogP contribution is -2.34. The number of halogens is 1. The Kier molecular flexibility index (Phi) is 3.60. The molecular formula is C10H14BrNOS. The molecule has 1 aliphatic carbocycles. The molecule has 0 bridgehead atoms. The van der Waals surface area contributed by atoms with Gasteiger partial charge in [0.15, 0.2) is 0 Å². The SMILES string of the molecule is OC1CCCC1NCc1cc(Br)cs1. The van der Waals surface area contributed by atoms with Crippen molar-refractivity contribution in [3.8, 4) is 0 Å². The molecule has 1 heterocycles. The van der Waals surface area contributed by atoms with Gasteiger partial charge in [-0.3, -0.25) is 0 Å². The van der Waals surface area contributed by atoms with E-state index in [1.54, 1.807) is 11.3 Å². The standard InChI is InChI=1S/C10H14BrNOS/c11-7-4-8(14-6-7)5-12-9-2-1-3-10(9)13/h4,6,9-10,12-13H,1-3,5H2. The third kappa shape index (κ3) is 2.57. The van der Waals surface area contributed by atoms with E-state index in [-0.39, 0.29) is 6.10 Å². The Bertz CT molecular complexity index is 302. The Morgan fingerprint density at radius 3 is 3.00 bits per heavy atom. The molecule has 2 unspecified atom stereocenters. The normalized spacial score (nSPS) is 27.0. The molecule has 1 aromatic rings. The van der Waals surface area contributed by atoms with Crippen LogP contribution in [0.3, 0.4) is 0 Å². The fourth-order valence-corrected chi connectivity index (χ4v) is 3.26. The minimum Gasteiger partial charge on any atom is -0.392 e. The second kappa shape index (κ2) is 4.75. The van der Waals surface area contributed by atoms with E-state index in [0.29, 0.717) is 6.04 Å². The molecule has 0 aliphatic heterocycles.